The summed E-state index contributed by atoms with van der Waals surface area (Å²) in [7, 11) is 0. The largest absolute Gasteiger partial charge is 0.397 e. The van der Waals surface area contributed by atoms with Crippen molar-refractivity contribution in [3.05, 3.63) is 56.8 Å². The van der Waals surface area contributed by atoms with Gasteiger partial charge in [0.25, 0.3) is 5.56 Å². The van der Waals surface area contributed by atoms with Gasteiger partial charge in [-0.3, -0.25) is 9.36 Å². The second-order valence-corrected chi connectivity index (χ2v) is 7.92. The summed E-state index contributed by atoms with van der Waals surface area (Å²) < 4.78 is 1.57. The van der Waals surface area contributed by atoms with Gasteiger partial charge in [-0.15, -0.1) is 11.3 Å². The number of thiophene rings is 1. The van der Waals surface area contributed by atoms with Crippen molar-refractivity contribution >= 4 is 49.8 Å². The molecule has 0 bridgehead atoms. The Morgan fingerprint density at radius 2 is 2.03 bits per heavy atom. The van der Waals surface area contributed by atoms with E-state index in [1.54, 1.807) is 10.6 Å². The molecule has 0 atom stereocenters. The normalized spacial score (nSPS) is 12.1. The number of nitrogens with one attached hydrogen (secondary N) is 1. The van der Waals surface area contributed by atoms with Crippen molar-refractivity contribution in [2.75, 3.05) is 11.2 Å². The van der Waals surface area contributed by atoms with Crippen LogP contribution < -0.4 is 16.7 Å². The molecule has 3 aromatic heterocycles. The third-order valence-electron chi connectivity index (χ3n) is 4.85. The van der Waals surface area contributed by atoms with Crippen LogP contribution >= 0.6 is 11.3 Å². The van der Waals surface area contributed by atoms with E-state index in [1.807, 2.05) is 52.0 Å². The van der Waals surface area contributed by atoms with E-state index < -0.39 is 0 Å². The quantitative estimate of drug-likeness (QED) is 0.393. The summed E-state index contributed by atoms with van der Waals surface area (Å²) in [5.74, 6) is 0.403. The molecule has 0 aliphatic rings. The zero-order valence-electron chi connectivity index (χ0n) is 16.8. The number of nitrogens with zero attached hydrogens (tertiary/aromatic N) is 4. The molecule has 0 unspecified atom stereocenters. The standard InChI is InChI=1S/C21H22N6OS/c1-5-27-20(28)14-8-6-7-9-15(14)24-21(27)26-25-13(4)18-17(22)16-11(2)10-12(3)23-19(16)29-18/h6-10H,5,22H2,1-4H3,(H,24,26)/b25-13-. The van der Waals surface area contributed by atoms with Crippen LogP contribution in [0.4, 0.5) is 11.6 Å². The molecule has 29 heavy (non-hydrogen) atoms. The van der Waals surface area contributed by atoms with Crippen molar-refractivity contribution in [2.45, 2.75) is 34.2 Å². The molecule has 4 aromatic rings. The Hall–Kier alpha value is -3.26. The fraction of sp³-hybridized carbons (Fsp3) is 0.238. The molecule has 0 fully saturated rings. The van der Waals surface area contributed by atoms with E-state index in [0.717, 1.165) is 26.4 Å². The highest BCUT2D eigenvalue weighted by Crippen LogP contribution is 2.35. The van der Waals surface area contributed by atoms with Gasteiger partial charge in [-0.25, -0.2) is 15.4 Å². The SMILES string of the molecule is CCn1c(N/N=C(/C)c2sc3nc(C)cc(C)c3c2N)nc2ccccc2c1=O. The molecule has 0 amide bonds. The number of fused-ring (bicyclic) bond motifs is 2. The average molecular weight is 407 g/mol. The third-order valence-corrected chi connectivity index (χ3v) is 6.06. The Balaban J connectivity index is 1.77. The van der Waals surface area contributed by atoms with Crippen LogP contribution in [0.3, 0.4) is 0 Å². The molecule has 0 aliphatic heterocycles. The summed E-state index contributed by atoms with van der Waals surface area (Å²) in [6.45, 7) is 8.28. The third kappa shape index (κ3) is 3.25. The molecule has 8 heteroatoms. The van der Waals surface area contributed by atoms with Gasteiger partial charge in [0.2, 0.25) is 5.95 Å². The molecule has 1 aromatic carbocycles. The first-order chi connectivity index (χ1) is 13.9. The number of anilines is 2. The molecule has 7 nitrogen and oxygen atoms in total. The van der Waals surface area contributed by atoms with Crippen molar-refractivity contribution in [1.29, 1.82) is 0 Å². The molecular weight excluding hydrogens is 384 g/mol. The minimum Gasteiger partial charge on any atom is -0.397 e. The Morgan fingerprint density at radius 3 is 2.79 bits per heavy atom. The van der Waals surface area contributed by atoms with Crippen molar-refractivity contribution in [2.24, 2.45) is 5.10 Å². The zero-order chi connectivity index (χ0) is 20.7. The molecule has 3 N–H and O–H groups in total. The number of hydrogen-bond donors (Lipinski definition) is 2. The number of nitrogen functional groups attached to an aromatic ring is 1. The Labute approximate surface area is 171 Å². The number of hydrazone groups is 1. The molecule has 0 saturated heterocycles. The van der Waals surface area contributed by atoms with Gasteiger partial charge < -0.3 is 5.73 Å². The molecule has 148 valence electrons. The van der Waals surface area contributed by atoms with Crippen molar-refractivity contribution in [1.82, 2.24) is 14.5 Å². The van der Waals surface area contributed by atoms with Crippen LogP contribution in [0.1, 0.15) is 30.0 Å². The molecule has 4 rings (SSSR count). The lowest BCUT2D eigenvalue weighted by Gasteiger charge is -2.11. The number of rotatable bonds is 4. The maximum atomic E-state index is 12.7. The van der Waals surface area contributed by atoms with Gasteiger partial charge in [0, 0.05) is 17.6 Å². The molecular formula is C21H22N6OS. The summed E-state index contributed by atoms with van der Waals surface area (Å²) in [6.07, 6.45) is 0. The number of nitrogens with two attached hydrogens (primary N) is 1. The molecule has 0 saturated carbocycles. The Kier molecular flexibility index (Phi) is 4.79. The lowest BCUT2D eigenvalue weighted by Crippen LogP contribution is -2.23. The van der Waals surface area contributed by atoms with E-state index in [-0.39, 0.29) is 5.56 Å². The van der Waals surface area contributed by atoms with Gasteiger partial charge in [0.15, 0.2) is 0 Å². The van der Waals surface area contributed by atoms with Gasteiger partial charge in [0.1, 0.15) is 4.83 Å². The smallest absolute Gasteiger partial charge is 0.262 e. The summed E-state index contributed by atoms with van der Waals surface area (Å²) in [6, 6.07) is 9.32. The maximum Gasteiger partial charge on any atom is 0.262 e. The number of pyridine rings is 1. The Bertz CT molecular complexity index is 1330. The van der Waals surface area contributed by atoms with E-state index in [1.165, 1.54) is 11.3 Å². The first-order valence-corrected chi connectivity index (χ1v) is 10.2. The first-order valence-electron chi connectivity index (χ1n) is 9.37. The predicted molar refractivity (Wildman–Crippen MR) is 121 cm³/mol. The number of hydrogen-bond acceptors (Lipinski definition) is 7. The molecule has 0 spiro atoms. The second-order valence-electron chi connectivity index (χ2n) is 6.92. The second kappa shape index (κ2) is 7.29. The van der Waals surface area contributed by atoms with Crippen LogP contribution in [0.2, 0.25) is 0 Å². The number of aryl methyl sites for hydroxylation is 2. The lowest BCUT2D eigenvalue weighted by molar-refractivity contribution is 0.724. The minimum absolute atomic E-state index is 0.0925. The monoisotopic (exact) mass is 406 g/mol. The predicted octanol–water partition coefficient (Wildman–Crippen LogP) is 4.06. The van der Waals surface area contributed by atoms with Crippen LogP contribution in [-0.4, -0.2) is 20.2 Å². The number of aromatic nitrogens is 3. The van der Waals surface area contributed by atoms with Gasteiger partial charge in [-0.05, 0) is 51.5 Å². The van der Waals surface area contributed by atoms with Gasteiger partial charge in [-0.1, -0.05) is 12.1 Å². The summed E-state index contributed by atoms with van der Waals surface area (Å²) in [4.78, 5) is 23.7. The summed E-state index contributed by atoms with van der Waals surface area (Å²) in [5.41, 5.74) is 13.4. The fourth-order valence-corrected chi connectivity index (χ4v) is 4.63. The Morgan fingerprint density at radius 1 is 1.28 bits per heavy atom. The lowest BCUT2D eigenvalue weighted by atomic mass is 10.1. The van der Waals surface area contributed by atoms with Gasteiger partial charge in [-0.2, -0.15) is 5.10 Å². The van der Waals surface area contributed by atoms with Crippen molar-refractivity contribution < 1.29 is 0 Å². The highest BCUT2D eigenvalue weighted by atomic mass is 32.1. The summed E-state index contributed by atoms with van der Waals surface area (Å²) in [5, 5.41) is 6.04. The molecule has 3 heterocycles. The van der Waals surface area contributed by atoms with Crippen LogP contribution in [0, 0.1) is 13.8 Å². The van der Waals surface area contributed by atoms with Crippen LogP contribution in [0.5, 0.6) is 0 Å². The van der Waals surface area contributed by atoms with Gasteiger partial charge >= 0.3 is 0 Å². The minimum atomic E-state index is -0.0925. The van der Waals surface area contributed by atoms with E-state index in [2.05, 4.69) is 20.5 Å². The number of para-hydroxylation sites is 1. The van der Waals surface area contributed by atoms with E-state index in [4.69, 9.17) is 5.73 Å². The van der Waals surface area contributed by atoms with Crippen LogP contribution in [0.25, 0.3) is 21.1 Å². The fourth-order valence-electron chi connectivity index (χ4n) is 3.47. The van der Waals surface area contributed by atoms with Gasteiger partial charge in [0.05, 0.1) is 27.2 Å². The van der Waals surface area contributed by atoms with Crippen molar-refractivity contribution in [3.63, 3.8) is 0 Å². The summed E-state index contributed by atoms with van der Waals surface area (Å²) >= 11 is 1.52. The average Bonchev–Trinajstić information content (AvgIpc) is 3.02. The van der Waals surface area contributed by atoms with Crippen molar-refractivity contribution in [3.8, 4) is 0 Å². The first kappa shape index (κ1) is 19.1. The van der Waals surface area contributed by atoms with Crippen LogP contribution in [0.15, 0.2) is 40.2 Å². The molecule has 0 aliphatic carbocycles. The van der Waals surface area contributed by atoms with E-state index in [0.29, 0.717) is 34.8 Å². The van der Waals surface area contributed by atoms with E-state index >= 15 is 0 Å². The highest BCUT2D eigenvalue weighted by molar-refractivity contribution is 7.21. The number of benzene rings is 1. The van der Waals surface area contributed by atoms with Crippen LogP contribution in [-0.2, 0) is 6.54 Å². The topological polar surface area (TPSA) is 98.2 Å². The molecule has 0 radical (unpaired) electrons. The highest BCUT2D eigenvalue weighted by Gasteiger charge is 2.16. The maximum absolute atomic E-state index is 12.7. The van der Waals surface area contributed by atoms with E-state index in [9.17, 15) is 4.79 Å². The zero-order valence-corrected chi connectivity index (χ0v) is 17.6.